The minimum Gasteiger partial charge on any atom is -0.354 e. The van der Waals surface area contributed by atoms with Crippen LogP contribution in [0, 0.1) is 18.3 Å². The lowest BCUT2D eigenvalue weighted by molar-refractivity contribution is -0.117. The summed E-state index contributed by atoms with van der Waals surface area (Å²) < 4.78 is 1.79. The first-order chi connectivity index (χ1) is 15.5. The number of nitrogens with one attached hydrogen (secondary N) is 1. The van der Waals surface area contributed by atoms with Gasteiger partial charge in [0.2, 0.25) is 5.91 Å². The monoisotopic (exact) mass is 429 g/mol. The summed E-state index contributed by atoms with van der Waals surface area (Å²) >= 11 is 0. The van der Waals surface area contributed by atoms with E-state index in [-0.39, 0.29) is 11.4 Å². The van der Waals surface area contributed by atoms with Gasteiger partial charge in [0.25, 0.3) is 5.95 Å². The number of likely N-dealkylation sites (N-methyl/N-ethyl adjacent to an activating group) is 1. The summed E-state index contributed by atoms with van der Waals surface area (Å²) in [5.41, 5.74) is 3.88. The van der Waals surface area contributed by atoms with Crippen molar-refractivity contribution in [1.29, 1.82) is 5.26 Å². The zero-order chi connectivity index (χ0) is 22.5. The number of anilines is 2. The highest BCUT2D eigenvalue weighted by molar-refractivity contribution is 5.94. The van der Waals surface area contributed by atoms with Gasteiger partial charge < -0.3 is 10.2 Å². The van der Waals surface area contributed by atoms with E-state index in [0.717, 1.165) is 48.4 Å². The zero-order valence-corrected chi connectivity index (χ0v) is 18.7. The molecule has 8 heteroatoms. The molecule has 0 spiro atoms. The quantitative estimate of drug-likeness (QED) is 0.686. The van der Waals surface area contributed by atoms with E-state index in [2.05, 4.69) is 35.3 Å². The first-order valence-corrected chi connectivity index (χ1v) is 11.1. The third kappa shape index (κ3) is 3.12. The molecule has 2 saturated heterocycles. The molecule has 3 aromatic rings. The van der Waals surface area contributed by atoms with Crippen LogP contribution in [0.2, 0.25) is 0 Å². The molecule has 5 rings (SSSR count). The van der Waals surface area contributed by atoms with Gasteiger partial charge in [-0.05, 0) is 44.9 Å². The lowest BCUT2D eigenvalue weighted by Gasteiger charge is -2.27. The Hall–Kier alpha value is -3.44. The number of aromatic nitrogens is 3. The first kappa shape index (κ1) is 20.5. The molecule has 8 nitrogen and oxygen atoms in total. The molecule has 4 heterocycles. The van der Waals surface area contributed by atoms with Gasteiger partial charge in [-0.3, -0.25) is 9.69 Å². The molecule has 164 valence electrons. The number of rotatable bonds is 4. The van der Waals surface area contributed by atoms with Gasteiger partial charge in [-0.2, -0.15) is 14.8 Å². The molecule has 0 unspecified atom stereocenters. The number of pyridine rings is 1. The SMILES string of the molecule is CN[C@@]1(C)CCN(c2c(-c3ccccc3)c(C)c(C#N)c3nc(N4CCCC4=O)nn23)C1. The lowest BCUT2D eigenvalue weighted by Crippen LogP contribution is -2.42. The summed E-state index contributed by atoms with van der Waals surface area (Å²) in [5, 5.41) is 18.3. The Morgan fingerprint density at radius 3 is 2.62 bits per heavy atom. The van der Waals surface area contributed by atoms with Crippen molar-refractivity contribution in [3.8, 4) is 17.2 Å². The van der Waals surface area contributed by atoms with Crippen molar-refractivity contribution in [1.82, 2.24) is 19.9 Å². The van der Waals surface area contributed by atoms with Crippen LogP contribution < -0.4 is 15.1 Å². The summed E-state index contributed by atoms with van der Waals surface area (Å²) in [6.45, 7) is 6.47. The van der Waals surface area contributed by atoms with E-state index in [0.29, 0.717) is 30.1 Å². The second-order valence-corrected chi connectivity index (χ2v) is 8.95. The van der Waals surface area contributed by atoms with Gasteiger partial charge in [0.05, 0.1) is 0 Å². The minimum absolute atomic E-state index is 0.0174. The number of carbonyl (C=O) groups is 1. The molecule has 1 N–H and O–H groups in total. The molecule has 2 aliphatic rings. The summed E-state index contributed by atoms with van der Waals surface area (Å²) in [5.74, 6) is 1.34. The average Bonchev–Trinajstić information content (AvgIpc) is 3.52. The maximum atomic E-state index is 12.4. The van der Waals surface area contributed by atoms with Crippen LogP contribution in [0.1, 0.15) is 37.3 Å². The largest absolute Gasteiger partial charge is 0.354 e. The van der Waals surface area contributed by atoms with Gasteiger partial charge in [0.1, 0.15) is 17.5 Å². The highest BCUT2D eigenvalue weighted by Gasteiger charge is 2.36. The molecule has 1 atom stereocenters. The molecule has 1 amide bonds. The Labute approximate surface area is 187 Å². The van der Waals surface area contributed by atoms with Crippen molar-refractivity contribution in [2.45, 2.75) is 38.6 Å². The van der Waals surface area contributed by atoms with Crippen LogP contribution in [0.5, 0.6) is 0 Å². The van der Waals surface area contributed by atoms with E-state index in [1.54, 1.807) is 9.42 Å². The molecular formula is C24H27N7O. The Kier molecular flexibility index (Phi) is 4.86. The average molecular weight is 430 g/mol. The van der Waals surface area contributed by atoms with Gasteiger partial charge in [-0.1, -0.05) is 30.3 Å². The molecule has 1 aromatic carbocycles. The summed E-state index contributed by atoms with van der Waals surface area (Å²) in [4.78, 5) is 21.0. The van der Waals surface area contributed by atoms with Crippen molar-refractivity contribution < 1.29 is 4.79 Å². The van der Waals surface area contributed by atoms with E-state index in [9.17, 15) is 10.1 Å². The maximum absolute atomic E-state index is 12.4. The predicted molar refractivity (Wildman–Crippen MR) is 124 cm³/mol. The molecule has 2 aromatic heterocycles. The summed E-state index contributed by atoms with van der Waals surface area (Å²) in [7, 11) is 1.99. The second-order valence-electron chi connectivity index (χ2n) is 8.95. The van der Waals surface area contributed by atoms with Crippen molar-refractivity contribution in [2.24, 2.45) is 0 Å². The third-order valence-electron chi connectivity index (χ3n) is 6.86. The smallest absolute Gasteiger partial charge is 0.252 e. The van der Waals surface area contributed by atoms with Crippen LogP contribution in [0.15, 0.2) is 30.3 Å². The van der Waals surface area contributed by atoms with Crippen LogP contribution >= 0.6 is 0 Å². The molecule has 2 fully saturated rings. The molecule has 0 radical (unpaired) electrons. The lowest BCUT2D eigenvalue weighted by atomic mass is 9.97. The maximum Gasteiger partial charge on any atom is 0.252 e. The number of carbonyl (C=O) groups excluding carboxylic acids is 1. The van der Waals surface area contributed by atoms with E-state index in [1.165, 1.54) is 0 Å². The number of hydrogen-bond donors (Lipinski definition) is 1. The predicted octanol–water partition coefficient (Wildman–Crippen LogP) is 2.89. The fourth-order valence-corrected chi connectivity index (χ4v) is 4.87. The van der Waals surface area contributed by atoms with Crippen LogP contribution in [0.25, 0.3) is 16.8 Å². The fourth-order valence-electron chi connectivity index (χ4n) is 4.87. The van der Waals surface area contributed by atoms with Crippen molar-refractivity contribution in [3.63, 3.8) is 0 Å². The fraction of sp³-hybridized carbons (Fsp3) is 0.417. The van der Waals surface area contributed by atoms with Gasteiger partial charge in [-0.15, -0.1) is 5.10 Å². The number of amides is 1. The van der Waals surface area contributed by atoms with Crippen LogP contribution in [-0.2, 0) is 4.79 Å². The summed E-state index contributed by atoms with van der Waals surface area (Å²) in [6, 6.07) is 12.5. The molecule has 0 aliphatic carbocycles. The Morgan fingerprint density at radius 2 is 2.00 bits per heavy atom. The number of benzene rings is 1. The van der Waals surface area contributed by atoms with E-state index >= 15 is 0 Å². The van der Waals surface area contributed by atoms with Crippen LogP contribution in [0.3, 0.4) is 0 Å². The molecular weight excluding hydrogens is 402 g/mol. The Balaban J connectivity index is 1.80. The van der Waals surface area contributed by atoms with Crippen molar-refractivity contribution in [3.05, 3.63) is 41.5 Å². The molecule has 0 bridgehead atoms. The zero-order valence-electron chi connectivity index (χ0n) is 18.7. The van der Waals surface area contributed by atoms with Crippen LogP contribution in [0.4, 0.5) is 11.8 Å². The van der Waals surface area contributed by atoms with Crippen molar-refractivity contribution >= 4 is 23.3 Å². The highest BCUT2D eigenvalue weighted by atomic mass is 16.2. The standard InChI is InChI=1S/C24H27N7O/c1-16-18(14-25)21-27-23(30-12-7-10-19(30)32)28-31(21)22(20(16)17-8-5-4-6-9-17)29-13-11-24(2,15-29)26-3/h4-6,8-9,26H,7,10-13,15H2,1-3H3/t24-/m0/s1. The van der Waals surface area contributed by atoms with Gasteiger partial charge in [0, 0.05) is 37.2 Å². The summed E-state index contributed by atoms with van der Waals surface area (Å²) in [6.07, 6.45) is 2.30. The van der Waals surface area contributed by atoms with Gasteiger partial charge in [-0.25, -0.2) is 0 Å². The van der Waals surface area contributed by atoms with Gasteiger partial charge >= 0.3 is 0 Å². The topological polar surface area (TPSA) is 89.6 Å². The normalized spacial score (nSPS) is 21.0. The molecule has 0 saturated carbocycles. The molecule has 32 heavy (non-hydrogen) atoms. The Morgan fingerprint density at radius 1 is 1.22 bits per heavy atom. The second kappa shape index (κ2) is 7.61. The number of nitrogens with zero attached hydrogens (tertiary/aromatic N) is 6. The van der Waals surface area contributed by atoms with Crippen molar-refractivity contribution in [2.75, 3.05) is 36.5 Å². The first-order valence-electron chi connectivity index (χ1n) is 11.1. The van der Waals surface area contributed by atoms with E-state index in [4.69, 9.17) is 10.1 Å². The number of fused-ring (bicyclic) bond motifs is 1. The Bertz CT molecular complexity index is 1240. The van der Waals surface area contributed by atoms with E-state index < -0.39 is 0 Å². The highest BCUT2D eigenvalue weighted by Crippen LogP contribution is 2.40. The third-order valence-corrected chi connectivity index (χ3v) is 6.86. The number of nitriles is 1. The molecule has 2 aliphatic heterocycles. The minimum atomic E-state index is -0.0174. The van der Waals surface area contributed by atoms with Crippen LogP contribution in [-0.4, -0.2) is 52.7 Å². The van der Waals surface area contributed by atoms with Gasteiger partial charge in [0.15, 0.2) is 5.65 Å². The van der Waals surface area contributed by atoms with E-state index in [1.807, 2.05) is 32.2 Å². The number of hydrogen-bond acceptors (Lipinski definition) is 6.